The van der Waals surface area contributed by atoms with Crippen molar-refractivity contribution in [2.24, 2.45) is 5.92 Å². The van der Waals surface area contributed by atoms with Crippen LogP contribution in [0.3, 0.4) is 0 Å². The van der Waals surface area contributed by atoms with Crippen molar-refractivity contribution in [1.82, 2.24) is 10.6 Å². The number of rotatable bonds is 3. The van der Waals surface area contributed by atoms with Gasteiger partial charge in [0.05, 0.1) is 12.6 Å². The van der Waals surface area contributed by atoms with E-state index in [2.05, 4.69) is 17.6 Å². The SMILES string of the molecule is CC(CO)NC(=O)NC1CCCCC1C. The number of hydrogen-bond donors (Lipinski definition) is 3. The second kappa shape index (κ2) is 5.95. The van der Waals surface area contributed by atoms with Crippen LogP contribution in [0.15, 0.2) is 0 Å². The highest BCUT2D eigenvalue weighted by molar-refractivity contribution is 5.74. The number of amides is 2. The summed E-state index contributed by atoms with van der Waals surface area (Å²) >= 11 is 0. The van der Waals surface area contributed by atoms with Crippen molar-refractivity contribution in [2.75, 3.05) is 6.61 Å². The van der Waals surface area contributed by atoms with Gasteiger partial charge in [0.25, 0.3) is 0 Å². The van der Waals surface area contributed by atoms with E-state index in [1.807, 2.05) is 0 Å². The Kier molecular flexibility index (Phi) is 4.88. The Morgan fingerprint density at radius 2 is 2.13 bits per heavy atom. The number of aliphatic hydroxyl groups excluding tert-OH is 1. The molecule has 1 aliphatic rings. The second-order valence-electron chi connectivity index (χ2n) is 4.57. The van der Waals surface area contributed by atoms with Crippen LogP contribution in [0.5, 0.6) is 0 Å². The minimum Gasteiger partial charge on any atom is -0.394 e. The topological polar surface area (TPSA) is 61.4 Å². The monoisotopic (exact) mass is 214 g/mol. The smallest absolute Gasteiger partial charge is 0.315 e. The molecule has 4 heteroatoms. The van der Waals surface area contributed by atoms with Gasteiger partial charge in [-0.1, -0.05) is 19.8 Å². The predicted molar refractivity (Wildman–Crippen MR) is 59.6 cm³/mol. The van der Waals surface area contributed by atoms with Crippen LogP contribution in [0.1, 0.15) is 39.5 Å². The number of carbonyl (C=O) groups excluding carboxylic acids is 1. The molecule has 4 nitrogen and oxygen atoms in total. The fraction of sp³-hybridized carbons (Fsp3) is 0.909. The molecule has 1 saturated carbocycles. The van der Waals surface area contributed by atoms with E-state index in [4.69, 9.17) is 5.11 Å². The third kappa shape index (κ3) is 4.08. The molecule has 1 rings (SSSR count). The third-order valence-corrected chi connectivity index (χ3v) is 3.08. The number of nitrogens with one attached hydrogen (secondary N) is 2. The van der Waals surface area contributed by atoms with E-state index in [9.17, 15) is 4.79 Å². The average Bonchev–Trinajstić information content (AvgIpc) is 2.21. The Morgan fingerprint density at radius 3 is 2.73 bits per heavy atom. The third-order valence-electron chi connectivity index (χ3n) is 3.08. The van der Waals surface area contributed by atoms with Crippen LogP contribution in [-0.4, -0.2) is 29.8 Å². The van der Waals surface area contributed by atoms with Crippen molar-refractivity contribution in [1.29, 1.82) is 0 Å². The molecule has 0 heterocycles. The Labute approximate surface area is 91.4 Å². The molecule has 3 unspecified atom stereocenters. The molecule has 15 heavy (non-hydrogen) atoms. The molecule has 1 fully saturated rings. The Balaban J connectivity index is 2.29. The first kappa shape index (κ1) is 12.3. The summed E-state index contributed by atoms with van der Waals surface area (Å²) in [4.78, 5) is 11.5. The second-order valence-corrected chi connectivity index (χ2v) is 4.57. The zero-order chi connectivity index (χ0) is 11.3. The molecule has 0 bridgehead atoms. The lowest BCUT2D eigenvalue weighted by atomic mass is 9.86. The summed E-state index contributed by atoms with van der Waals surface area (Å²) in [5.74, 6) is 0.564. The van der Waals surface area contributed by atoms with Gasteiger partial charge in [0, 0.05) is 6.04 Å². The van der Waals surface area contributed by atoms with Crippen molar-refractivity contribution in [2.45, 2.75) is 51.6 Å². The highest BCUT2D eigenvalue weighted by atomic mass is 16.3. The van der Waals surface area contributed by atoms with E-state index in [0.29, 0.717) is 12.0 Å². The van der Waals surface area contributed by atoms with Gasteiger partial charge in [-0.3, -0.25) is 0 Å². The summed E-state index contributed by atoms with van der Waals surface area (Å²) in [6.07, 6.45) is 4.74. The molecule has 0 aromatic rings. The maximum Gasteiger partial charge on any atom is 0.315 e. The summed E-state index contributed by atoms with van der Waals surface area (Å²) < 4.78 is 0. The Morgan fingerprint density at radius 1 is 1.47 bits per heavy atom. The van der Waals surface area contributed by atoms with E-state index < -0.39 is 0 Å². The zero-order valence-electron chi connectivity index (χ0n) is 9.62. The van der Waals surface area contributed by atoms with E-state index >= 15 is 0 Å². The summed E-state index contributed by atoms with van der Waals surface area (Å²) in [6.45, 7) is 3.94. The van der Waals surface area contributed by atoms with E-state index in [1.54, 1.807) is 6.92 Å². The highest BCUT2D eigenvalue weighted by Crippen LogP contribution is 2.23. The minimum absolute atomic E-state index is 0.0202. The summed E-state index contributed by atoms with van der Waals surface area (Å²) in [5.41, 5.74) is 0. The lowest BCUT2D eigenvalue weighted by molar-refractivity contribution is 0.207. The molecule has 3 atom stereocenters. The molecule has 88 valence electrons. The van der Waals surface area contributed by atoms with Crippen molar-refractivity contribution >= 4 is 6.03 Å². The minimum atomic E-state index is -0.177. The number of urea groups is 1. The highest BCUT2D eigenvalue weighted by Gasteiger charge is 2.22. The van der Waals surface area contributed by atoms with Gasteiger partial charge < -0.3 is 15.7 Å². The Bertz CT molecular complexity index is 209. The molecular formula is C11H22N2O2. The molecule has 3 N–H and O–H groups in total. The van der Waals surface area contributed by atoms with Gasteiger partial charge in [-0.15, -0.1) is 0 Å². The van der Waals surface area contributed by atoms with E-state index in [0.717, 1.165) is 6.42 Å². The molecule has 0 radical (unpaired) electrons. The van der Waals surface area contributed by atoms with Gasteiger partial charge in [-0.25, -0.2) is 4.79 Å². The van der Waals surface area contributed by atoms with Crippen LogP contribution in [-0.2, 0) is 0 Å². The standard InChI is InChI=1S/C11H22N2O2/c1-8-5-3-4-6-10(8)13-11(15)12-9(2)7-14/h8-10,14H,3-7H2,1-2H3,(H2,12,13,15). The van der Waals surface area contributed by atoms with Crippen LogP contribution < -0.4 is 10.6 Å². The summed E-state index contributed by atoms with van der Waals surface area (Å²) in [6, 6.07) is -0.0381. The molecule has 1 aliphatic carbocycles. The number of carbonyl (C=O) groups is 1. The van der Waals surface area contributed by atoms with Gasteiger partial charge in [-0.2, -0.15) is 0 Å². The normalized spacial score (nSPS) is 28.2. The molecular weight excluding hydrogens is 192 g/mol. The Hall–Kier alpha value is -0.770. The van der Waals surface area contributed by atoms with Gasteiger partial charge >= 0.3 is 6.03 Å². The van der Waals surface area contributed by atoms with E-state index in [-0.39, 0.29) is 18.7 Å². The average molecular weight is 214 g/mol. The van der Waals surface area contributed by atoms with Crippen LogP contribution in [0.4, 0.5) is 4.79 Å². The first-order chi connectivity index (χ1) is 7.13. The number of aliphatic hydroxyl groups is 1. The number of hydrogen-bond acceptors (Lipinski definition) is 2. The van der Waals surface area contributed by atoms with Gasteiger partial charge in [0.1, 0.15) is 0 Å². The molecule has 0 aromatic heterocycles. The summed E-state index contributed by atoms with van der Waals surface area (Å²) in [5, 5.41) is 14.5. The first-order valence-electron chi connectivity index (χ1n) is 5.81. The van der Waals surface area contributed by atoms with Crippen molar-refractivity contribution in [3.8, 4) is 0 Å². The maximum atomic E-state index is 11.5. The predicted octanol–water partition coefficient (Wildman–Crippen LogP) is 1.25. The molecule has 0 aromatic carbocycles. The van der Waals surface area contributed by atoms with Gasteiger partial charge in [0.2, 0.25) is 0 Å². The molecule has 0 spiro atoms. The lowest BCUT2D eigenvalue weighted by Crippen LogP contribution is -2.49. The molecule has 0 saturated heterocycles. The fourth-order valence-electron chi connectivity index (χ4n) is 2.01. The largest absolute Gasteiger partial charge is 0.394 e. The van der Waals surface area contributed by atoms with Crippen molar-refractivity contribution in [3.05, 3.63) is 0 Å². The van der Waals surface area contributed by atoms with Crippen molar-refractivity contribution < 1.29 is 9.90 Å². The van der Waals surface area contributed by atoms with E-state index in [1.165, 1.54) is 19.3 Å². The van der Waals surface area contributed by atoms with Crippen LogP contribution >= 0.6 is 0 Å². The molecule has 0 aliphatic heterocycles. The first-order valence-corrected chi connectivity index (χ1v) is 5.81. The van der Waals surface area contributed by atoms with Crippen LogP contribution in [0, 0.1) is 5.92 Å². The summed E-state index contributed by atoms with van der Waals surface area (Å²) in [7, 11) is 0. The van der Waals surface area contributed by atoms with Crippen LogP contribution in [0.25, 0.3) is 0 Å². The molecule has 2 amide bonds. The van der Waals surface area contributed by atoms with Crippen molar-refractivity contribution in [3.63, 3.8) is 0 Å². The van der Waals surface area contributed by atoms with Gasteiger partial charge in [0.15, 0.2) is 0 Å². The van der Waals surface area contributed by atoms with Crippen LogP contribution in [0.2, 0.25) is 0 Å². The fourth-order valence-corrected chi connectivity index (χ4v) is 2.01. The zero-order valence-corrected chi connectivity index (χ0v) is 9.62. The van der Waals surface area contributed by atoms with Gasteiger partial charge in [-0.05, 0) is 25.7 Å². The quantitative estimate of drug-likeness (QED) is 0.662. The maximum absolute atomic E-state index is 11.5. The lowest BCUT2D eigenvalue weighted by Gasteiger charge is -2.29.